The number of pyridine rings is 1. The van der Waals surface area contributed by atoms with Crippen molar-refractivity contribution in [1.82, 2.24) is 14.8 Å². The fraction of sp³-hybridized carbons (Fsp3) is 0.250. The van der Waals surface area contributed by atoms with Crippen LogP contribution >= 0.6 is 0 Å². The van der Waals surface area contributed by atoms with Crippen LogP contribution < -0.4 is 5.43 Å². The first-order valence-corrected chi connectivity index (χ1v) is 6.61. The van der Waals surface area contributed by atoms with Crippen molar-refractivity contribution in [3.8, 4) is 11.4 Å². The second kappa shape index (κ2) is 4.34. The number of benzene rings is 1. The lowest BCUT2D eigenvalue weighted by atomic mass is 10.0. The van der Waals surface area contributed by atoms with Gasteiger partial charge in [0, 0.05) is 24.2 Å². The van der Waals surface area contributed by atoms with Crippen molar-refractivity contribution in [2.24, 2.45) is 7.05 Å². The summed E-state index contributed by atoms with van der Waals surface area (Å²) in [6.07, 6.45) is 0. The van der Waals surface area contributed by atoms with Crippen LogP contribution in [0, 0.1) is 20.8 Å². The van der Waals surface area contributed by atoms with Gasteiger partial charge in [-0.25, -0.2) is 0 Å². The fourth-order valence-corrected chi connectivity index (χ4v) is 2.39. The van der Waals surface area contributed by atoms with Crippen molar-refractivity contribution in [2.75, 3.05) is 0 Å². The summed E-state index contributed by atoms with van der Waals surface area (Å²) < 4.78 is 1.81. The van der Waals surface area contributed by atoms with Crippen molar-refractivity contribution in [3.05, 3.63) is 51.3 Å². The maximum atomic E-state index is 12.3. The zero-order valence-electron chi connectivity index (χ0n) is 12.1. The summed E-state index contributed by atoms with van der Waals surface area (Å²) in [5.74, 6) is 0. The van der Waals surface area contributed by atoms with E-state index >= 15 is 0 Å². The predicted molar refractivity (Wildman–Crippen MR) is 81.0 cm³/mol. The smallest absolute Gasteiger partial charge is 0.190 e. The van der Waals surface area contributed by atoms with Crippen LogP contribution in [0.2, 0.25) is 0 Å². The van der Waals surface area contributed by atoms with Gasteiger partial charge in [0.1, 0.15) is 5.69 Å². The SMILES string of the molecule is Cc1ccc2c(=O)cc(-c3cc(C)n(C)n3)[nH]c2c1C. The number of aromatic nitrogens is 3. The highest BCUT2D eigenvalue weighted by Gasteiger charge is 2.10. The maximum absolute atomic E-state index is 12.3. The van der Waals surface area contributed by atoms with Gasteiger partial charge in [0.15, 0.2) is 5.43 Å². The summed E-state index contributed by atoms with van der Waals surface area (Å²) in [6.45, 7) is 6.07. The standard InChI is InChI=1S/C16H17N3O/c1-9-5-6-12-15(20)8-13(17-16(12)11(9)3)14-7-10(2)19(4)18-14/h5-8H,1-4H3,(H,17,20). The Morgan fingerprint density at radius 1 is 1.15 bits per heavy atom. The summed E-state index contributed by atoms with van der Waals surface area (Å²) in [5.41, 5.74) is 5.82. The molecule has 1 aromatic carbocycles. The number of hydrogen-bond acceptors (Lipinski definition) is 2. The monoisotopic (exact) mass is 267 g/mol. The summed E-state index contributed by atoms with van der Waals surface area (Å²) in [5, 5.41) is 5.15. The van der Waals surface area contributed by atoms with Crippen LogP contribution in [0.5, 0.6) is 0 Å². The first-order chi connectivity index (χ1) is 9.47. The van der Waals surface area contributed by atoms with Gasteiger partial charge in [-0.05, 0) is 44.0 Å². The van der Waals surface area contributed by atoms with Crippen LogP contribution in [0.15, 0.2) is 29.1 Å². The summed E-state index contributed by atoms with van der Waals surface area (Å²) >= 11 is 0. The summed E-state index contributed by atoms with van der Waals surface area (Å²) in [6, 6.07) is 7.46. The minimum atomic E-state index is 0.0279. The van der Waals surface area contributed by atoms with E-state index in [0.717, 1.165) is 33.5 Å². The number of rotatable bonds is 1. The van der Waals surface area contributed by atoms with Gasteiger partial charge in [0.2, 0.25) is 0 Å². The van der Waals surface area contributed by atoms with Crippen LogP contribution in [0.3, 0.4) is 0 Å². The first-order valence-electron chi connectivity index (χ1n) is 6.61. The summed E-state index contributed by atoms with van der Waals surface area (Å²) in [4.78, 5) is 15.6. The molecule has 3 aromatic rings. The molecule has 0 saturated carbocycles. The highest BCUT2D eigenvalue weighted by atomic mass is 16.1. The van der Waals surface area contributed by atoms with Crippen molar-refractivity contribution < 1.29 is 0 Å². The van der Waals surface area contributed by atoms with Crippen LogP contribution in [0.4, 0.5) is 0 Å². The first kappa shape index (κ1) is 12.7. The average Bonchev–Trinajstić information content (AvgIpc) is 2.74. The largest absolute Gasteiger partial charge is 0.353 e. The van der Waals surface area contributed by atoms with E-state index in [1.807, 2.05) is 46.0 Å². The van der Waals surface area contributed by atoms with Crippen LogP contribution in [-0.4, -0.2) is 14.8 Å². The van der Waals surface area contributed by atoms with E-state index in [0.29, 0.717) is 0 Å². The van der Waals surface area contributed by atoms with Crippen molar-refractivity contribution in [3.63, 3.8) is 0 Å². The van der Waals surface area contributed by atoms with E-state index < -0.39 is 0 Å². The molecule has 0 atom stereocenters. The van der Waals surface area contributed by atoms with Gasteiger partial charge in [-0.3, -0.25) is 9.48 Å². The molecule has 2 heterocycles. The van der Waals surface area contributed by atoms with Gasteiger partial charge >= 0.3 is 0 Å². The molecule has 0 aliphatic carbocycles. The predicted octanol–water partition coefficient (Wildman–Crippen LogP) is 2.85. The van der Waals surface area contributed by atoms with E-state index in [1.165, 1.54) is 5.56 Å². The minimum absolute atomic E-state index is 0.0279. The molecule has 20 heavy (non-hydrogen) atoms. The fourth-order valence-electron chi connectivity index (χ4n) is 2.39. The number of nitrogens with zero attached hydrogens (tertiary/aromatic N) is 2. The zero-order chi connectivity index (χ0) is 14.4. The highest BCUT2D eigenvalue weighted by Crippen LogP contribution is 2.21. The van der Waals surface area contributed by atoms with Crippen molar-refractivity contribution >= 4 is 10.9 Å². The van der Waals surface area contributed by atoms with E-state index in [4.69, 9.17) is 0 Å². The summed E-state index contributed by atoms with van der Waals surface area (Å²) in [7, 11) is 1.90. The molecule has 2 aromatic heterocycles. The number of aromatic amines is 1. The van der Waals surface area contributed by atoms with Gasteiger partial charge in [-0.1, -0.05) is 6.07 Å². The molecule has 102 valence electrons. The molecule has 3 rings (SSSR count). The molecule has 0 radical (unpaired) electrons. The number of H-pyrrole nitrogens is 1. The van der Waals surface area contributed by atoms with Crippen molar-refractivity contribution in [2.45, 2.75) is 20.8 Å². The Hall–Kier alpha value is -2.36. The second-order valence-electron chi connectivity index (χ2n) is 5.27. The Bertz CT molecular complexity index is 852. The van der Waals surface area contributed by atoms with Crippen LogP contribution in [0.25, 0.3) is 22.3 Å². The van der Waals surface area contributed by atoms with Crippen LogP contribution in [-0.2, 0) is 7.05 Å². The third kappa shape index (κ3) is 1.84. The Morgan fingerprint density at radius 3 is 2.55 bits per heavy atom. The van der Waals surface area contributed by atoms with Gasteiger partial charge < -0.3 is 4.98 Å². The number of fused-ring (bicyclic) bond motifs is 1. The third-order valence-electron chi connectivity index (χ3n) is 3.93. The molecule has 0 bridgehead atoms. The third-order valence-corrected chi connectivity index (χ3v) is 3.93. The van der Waals surface area contributed by atoms with Gasteiger partial charge in [-0.2, -0.15) is 5.10 Å². The number of nitrogens with one attached hydrogen (secondary N) is 1. The second-order valence-corrected chi connectivity index (χ2v) is 5.27. The Labute approximate surface area is 117 Å². The maximum Gasteiger partial charge on any atom is 0.190 e. The molecule has 0 saturated heterocycles. The lowest BCUT2D eigenvalue weighted by Gasteiger charge is -2.07. The Kier molecular flexibility index (Phi) is 2.74. The van der Waals surface area contributed by atoms with E-state index in [9.17, 15) is 4.79 Å². The molecule has 0 spiro atoms. The van der Waals surface area contributed by atoms with Gasteiger partial charge in [-0.15, -0.1) is 0 Å². The van der Waals surface area contributed by atoms with E-state index in [-0.39, 0.29) is 5.43 Å². The Balaban J connectivity index is 2.33. The molecule has 0 aliphatic heterocycles. The molecule has 1 N–H and O–H groups in total. The molecule has 0 amide bonds. The lowest BCUT2D eigenvalue weighted by Crippen LogP contribution is -2.05. The molecule has 0 fully saturated rings. The quantitative estimate of drug-likeness (QED) is 0.737. The number of hydrogen-bond donors (Lipinski definition) is 1. The minimum Gasteiger partial charge on any atom is -0.353 e. The highest BCUT2D eigenvalue weighted by molar-refractivity contribution is 5.84. The molecule has 4 nitrogen and oxygen atoms in total. The Morgan fingerprint density at radius 2 is 1.90 bits per heavy atom. The zero-order valence-corrected chi connectivity index (χ0v) is 12.1. The van der Waals surface area contributed by atoms with E-state index in [1.54, 1.807) is 10.7 Å². The number of aryl methyl sites for hydroxylation is 4. The van der Waals surface area contributed by atoms with Gasteiger partial charge in [0.25, 0.3) is 0 Å². The van der Waals surface area contributed by atoms with E-state index in [2.05, 4.69) is 10.1 Å². The average molecular weight is 267 g/mol. The van der Waals surface area contributed by atoms with Gasteiger partial charge in [0.05, 0.1) is 11.2 Å². The molecule has 0 aliphatic rings. The molecule has 4 heteroatoms. The topological polar surface area (TPSA) is 50.7 Å². The van der Waals surface area contributed by atoms with Crippen LogP contribution in [0.1, 0.15) is 16.8 Å². The lowest BCUT2D eigenvalue weighted by molar-refractivity contribution is 0.742. The molecular weight excluding hydrogens is 250 g/mol. The molecular formula is C16H17N3O. The molecule has 0 unspecified atom stereocenters. The van der Waals surface area contributed by atoms with Crippen molar-refractivity contribution in [1.29, 1.82) is 0 Å². The normalized spacial score (nSPS) is 11.2.